The summed E-state index contributed by atoms with van der Waals surface area (Å²) in [5.41, 5.74) is 0. The molecule has 0 bridgehead atoms. The third-order valence-corrected chi connectivity index (χ3v) is 5.84. The van der Waals surface area contributed by atoms with Crippen molar-refractivity contribution >= 4 is 16.3 Å². The fraction of sp³-hybridized carbons (Fsp3) is 0.467. The van der Waals surface area contributed by atoms with Crippen LogP contribution in [0.5, 0.6) is 5.88 Å². The van der Waals surface area contributed by atoms with Crippen molar-refractivity contribution in [2.24, 2.45) is 0 Å². The monoisotopic (exact) mass is 335 g/mol. The minimum atomic E-state index is -0.00286. The zero-order chi connectivity index (χ0) is 15.8. The van der Waals surface area contributed by atoms with E-state index in [0.717, 1.165) is 36.8 Å². The fourth-order valence-electron chi connectivity index (χ4n) is 3.42. The molecule has 3 aromatic heterocycles. The topological polar surface area (TPSA) is 72.4 Å². The third kappa shape index (κ3) is 2.52. The molecule has 8 heteroatoms. The van der Waals surface area contributed by atoms with E-state index in [4.69, 9.17) is 4.42 Å². The highest BCUT2D eigenvalue weighted by atomic mass is 32.1. The molecule has 1 aliphatic heterocycles. The number of aromatic nitrogens is 3. The molecule has 3 aromatic rings. The second-order valence-electron chi connectivity index (χ2n) is 5.95. The van der Waals surface area contributed by atoms with E-state index in [-0.39, 0.29) is 11.9 Å². The molecule has 0 aromatic carbocycles. The van der Waals surface area contributed by atoms with Gasteiger partial charge >= 0.3 is 0 Å². The standard InChI is InChI=1S/C15H19N5O2S/c1-2-18-5-7-19(8-6-18)12(11-4-3-9-22-11)13-14(21)20-15(23-13)16-10-17-20/h3-4,9-10,12,21H,2,5-8H2,1H3/p+2/t12-/m0/s1. The minimum Gasteiger partial charge on any atom is -0.492 e. The molecule has 4 heterocycles. The number of furan rings is 1. The molecule has 0 spiro atoms. The highest BCUT2D eigenvalue weighted by molar-refractivity contribution is 7.17. The summed E-state index contributed by atoms with van der Waals surface area (Å²) in [4.78, 5) is 8.86. The van der Waals surface area contributed by atoms with E-state index in [1.165, 1.54) is 33.6 Å². The number of likely N-dealkylation sites (N-methyl/N-ethyl adjacent to an activating group) is 1. The molecule has 7 nitrogen and oxygen atoms in total. The van der Waals surface area contributed by atoms with Gasteiger partial charge in [0.2, 0.25) is 10.8 Å². The van der Waals surface area contributed by atoms with E-state index in [1.807, 2.05) is 12.1 Å². The lowest BCUT2D eigenvalue weighted by Gasteiger charge is -2.32. The molecule has 122 valence electrons. The van der Waals surface area contributed by atoms with Crippen molar-refractivity contribution in [2.75, 3.05) is 32.7 Å². The quantitative estimate of drug-likeness (QED) is 0.571. The van der Waals surface area contributed by atoms with Gasteiger partial charge in [-0.1, -0.05) is 11.3 Å². The van der Waals surface area contributed by atoms with Crippen LogP contribution in [0.1, 0.15) is 23.6 Å². The lowest BCUT2D eigenvalue weighted by Crippen LogP contribution is -3.28. The van der Waals surface area contributed by atoms with Crippen molar-refractivity contribution in [1.29, 1.82) is 0 Å². The summed E-state index contributed by atoms with van der Waals surface area (Å²) in [6, 6.07) is 3.90. The van der Waals surface area contributed by atoms with Gasteiger partial charge in [0.05, 0.1) is 12.8 Å². The minimum absolute atomic E-state index is 0.00286. The predicted octanol–water partition coefficient (Wildman–Crippen LogP) is -1.02. The second-order valence-corrected chi connectivity index (χ2v) is 6.96. The van der Waals surface area contributed by atoms with E-state index < -0.39 is 0 Å². The Bertz CT molecular complexity index is 773. The molecule has 0 amide bonds. The van der Waals surface area contributed by atoms with E-state index in [0.29, 0.717) is 4.96 Å². The predicted molar refractivity (Wildman–Crippen MR) is 85.0 cm³/mol. The number of nitrogens with zero attached hydrogens (tertiary/aromatic N) is 3. The summed E-state index contributed by atoms with van der Waals surface area (Å²) < 4.78 is 7.20. The lowest BCUT2D eigenvalue weighted by atomic mass is 10.1. The molecule has 0 saturated carbocycles. The van der Waals surface area contributed by atoms with Gasteiger partial charge in [-0.2, -0.15) is 9.61 Å². The molecular formula is C15H21N5O2S+2. The Hall–Kier alpha value is -1.90. The largest absolute Gasteiger partial charge is 0.492 e. The first-order valence-corrected chi connectivity index (χ1v) is 8.82. The summed E-state index contributed by atoms with van der Waals surface area (Å²) in [6.07, 6.45) is 3.16. The number of aromatic hydroxyl groups is 1. The first kappa shape index (κ1) is 14.7. The van der Waals surface area contributed by atoms with Crippen molar-refractivity contribution in [1.82, 2.24) is 14.6 Å². The Morgan fingerprint density at radius 3 is 2.87 bits per heavy atom. The van der Waals surface area contributed by atoms with Crippen LogP contribution in [0.15, 0.2) is 29.1 Å². The molecule has 23 heavy (non-hydrogen) atoms. The molecule has 0 radical (unpaired) electrons. The number of thiazole rings is 1. The van der Waals surface area contributed by atoms with Gasteiger partial charge in [-0.15, -0.1) is 0 Å². The summed E-state index contributed by atoms with van der Waals surface area (Å²) in [5.74, 6) is 1.07. The normalized spacial score (nSPS) is 23.3. The Morgan fingerprint density at radius 2 is 2.22 bits per heavy atom. The highest BCUT2D eigenvalue weighted by Crippen LogP contribution is 2.34. The molecule has 1 aliphatic rings. The number of hydrogen-bond acceptors (Lipinski definition) is 5. The van der Waals surface area contributed by atoms with Gasteiger partial charge in [-0.25, -0.2) is 4.98 Å². The maximum atomic E-state index is 10.6. The molecule has 1 atom stereocenters. The van der Waals surface area contributed by atoms with E-state index in [2.05, 4.69) is 17.0 Å². The zero-order valence-corrected chi connectivity index (χ0v) is 13.8. The number of hydrogen-bond donors (Lipinski definition) is 3. The van der Waals surface area contributed by atoms with Crippen LogP contribution in [0.4, 0.5) is 0 Å². The average molecular weight is 335 g/mol. The third-order valence-electron chi connectivity index (χ3n) is 4.74. The van der Waals surface area contributed by atoms with E-state index in [9.17, 15) is 5.11 Å². The van der Waals surface area contributed by atoms with Crippen LogP contribution in [0.2, 0.25) is 0 Å². The van der Waals surface area contributed by atoms with Gasteiger partial charge in [0.1, 0.15) is 37.4 Å². The van der Waals surface area contributed by atoms with Crippen molar-refractivity contribution in [3.63, 3.8) is 0 Å². The van der Waals surface area contributed by atoms with Crippen molar-refractivity contribution in [3.05, 3.63) is 35.4 Å². The lowest BCUT2D eigenvalue weighted by molar-refractivity contribution is -1.02. The SMILES string of the molecule is CC[NH+]1CC[NH+]([C@@H](c2ccco2)c2sc3ncnn3c2O)CC1. The van der Waals surface area contributed by atoms with Crippen LogP contribution in [0.3, 0.4) is 0 Å². The smallest absolute Gasteiger partial charge is 0.235 e. The Balaban J connectivity index is 1.71. The molecule has 1 fully saturated rings. The molecule has 3 N–H and O–H groups in total. The Kier molecular flexibility index (Phi) is 3.80. The first-order chi connectivity index (χ1) is 11.3. The number of rotatable bonds is 4. The molecule has 0 aliphatic carbocycles. The van der Waals surface area contributed by atoms with Crippen LogP contribution < -0.4 is 9.80 Å². The first-order valence-electron chi connectivity index (χ1n) is 8.01. The second kappa shape index (κ2) is 5.95. The van der Waals surface area contributed by atoms with Crippen LogP contribution in [-0.2, 0) is 0 Å². The van der Waals surface area contributed by atoms with Crippen molar-refractivity contribution in [3.8, 4) is 5.88 Å². The number of piperazine rings is 1. The van der Waals surface area contributed by atoms with Crippen LogP contribution in [0, 0.1) is 0 Å². The van der Waals surface area contributed by atoms with Crippen LogP contribution in [0.25, 0.3) is 4.96 Å². The maximum Gasteiger partial charge on any atom is 0.235 e. The summed E-state index contributed by atoms with van der Waals surface area (Å²) in [6.45, 7) is 7.80. The maximum absolute atomic E-state index is 10.6. The number of nitrogens with one attached hydrogen (secondary N) is 2. The highest BCUT2D eigenvalue weighted by Gasteiger charge is 2.37. The van der Waals surface area contributed by atoms with Gasteiger partial charge in [-0.05, 0) is 19.1 Å². The van der Waals surface area contributed by atoms with Gasteiger partial charge in [-0.3, -0.25) is 0 Å². The summed E-state index contributed by atoms with van der Waals surface area (Å²) >= 11 is 1.49. The van der Waals surface area contributed by atoms with E-state index in [1.54, 1.807) is 11.2 Å². The van der Waals surface area contributed by atoms with Gasteiger partial charge in [0.25, 0.3) is 0 Å². The number of quaternary nitrogens is 2. The van der Waals surface area contributed by atoms with Crippen molar-refractivity contribution in [2.45, 2.75) is 13.0 Å². The summed E-state index contributed by atoms with van der Waals surface area (Å²) in [5, 5.41) is 14.7. The molecular weight excluding hydrogens is 314 g/mol. The van der Waals surface area contributed by atoms with Crippen LogP contribution >= 0.6 is 11.3 Å². The fourth-order valence-corrected chi connectivity index (χ4v) is 4.52. The van der Waals surface area contributed by atoms with Gasteiger partial charge in [0, 0.05) is 0 Å². The Labute approximate surface area is 137 Å². The molecule has 1 saturated heterocycles. The van der Waals surface area contributed by atoms with Gasteiger partial charge < -0.3 is 19.3 Å². The van der Waals surface area contributed by atoms with E-state index >= 15 is 0 Å². The number of fused-ring (bicyclic) bond motifs is 1. The average Bonchev–Trinajstić information content (AvgIpc) is 3.30. The summed E-state index contributed by atoms with van der Waals surface area (Å²) in [7, 11) is 0. The molecule has 0 unspecified atom stereocenters. The Morgan fingerprint density at radius 1 is 1.39 bits per heavy atom. The molecule has 4 rings (SSSR count). The zero-order valence-electron chi connectivity index (χ0n) is 13.0. The van der Waals surface area contributed by atoms with Crippen molar-refractivity contribution < 1.29 is 19.3 Å². The van der Waals surface area contributed by atoms with Gasteiger partial charge in [0.15, 0.2) is 11.8 Å². The van der Waals surface area contributed by atoms with Crippen LogP contribution in [-0.4, -0.2) is 52.4 Å².